The van der Waals surface area contributed by atoms with Gasteiger partial charge in [0.2, 0.25) is 10.0 Å². The van der Waals surface area contributed by atoms with Crippen LogP contribution in [0.3, 0.4) is 0 Å². The maximum absolute atomic E-state index is 12.8. The zero-order chi connectivity index (χ0) is 16.6. The van der Waals surface area contributed by atoms with Gasteiger partial charge in [-0.25, -0.2) is 8.42 Å². The van der Waals surface area contributed by atoms with Crippen LogP contribution in [0.5, 0.6) is 0 Å². The first-order valence-corrected chi connectivity index (χ1v) is 8.78. The van der Waals surface area contributed by atoms with E-state index in [0.717, 1.165) is 15.4 Å². The molecule has 0 spiro atoms. The van der Waals surface area contributed by atoms with Gasteiger partial charge in [0.05, 0.1) is 4.90 Å². The summed E-state index contributed by atoms with van der Waals surface area (Å²) in [5, 5.41) is 9.88. The summed E-state index contributed by atoms with van der Waals surface area (Å²) >= 11 is 5.79. The molecule has 3 rings (SSSR count). The predicted molar refractivity (Wildman–Crippen MR) is 85.8 cm³/mol. The lowest BCUT2D eigenvalue weighted by molar-refractivity contribution is -0.141. The Balaban J connectivity index is 2.05. The van der Waals surface area contributed by atoms with Crippen LogP contribution in [0, 0.1) is 0 Å². The molecule has 0 saturated carbocycles. The highest BCUT2D eigenvalue weighted by atomic mass is 35.5. The maximum atomic E-state index is 12.8. The zero-order valence-corrected chi connectivity index (χ0v) is 13.6. The highest BCUT2D eigenvalue weighted by molar-refractivity contribution is 7.89. The van der Waals surface area contributed by atoms with Gasteiger partial charge in [0.25, 0.3) is 0 Å². The lowest BCUT2D eigenvalue weighted by Crippen LogP contribution is -2.48. The monoisotopic (exact) mass is 351 g/mol. The molecule has 1 aliphatic rings. The summed E-state index contributed by atoms with van der Waals surface area (Å²) in [5.74, 6) is -1.16. The third kappa shape index (κ3) is 2.97. The van der Waals surface area contributed by atoms with E-state index in [9.17, 15) is 18.3 Å². The molecule has 2 aromatic carbocycles. The Kier molecular flexibility index (Phi) is 4.14. The van der Waals surface area contributed by atoms with E-state index in [-0.39, 0.29) is 17.9 Å². The van der Waals surface area contributed by atoms with Crippen LogP contribution in [0.4, 0.5) is 0 Å². The summed E-state index contributed by atoms with van der Waals surface area (Å²) < 4.78 is 26.7. The fourth-order valence-corrected chi connectivity index (χ4v) is 4.39. The lowest BCUT2D eigenvalue weighted by atomic mass is 9.96. The van der Waals surface area contributed by atoms with Crippen molar-refractivity contribution in [3.8, 4) is 0 Å². The third-order valence-electron chi connectivity index (χ3n) is 3.91. The van der Waals surface area contributed by atoms with E-state index >= 15 is 0 Å². The van der Waals surface area contributed by atoms with Crippen molar-refractivity contribution in [1.29, 1.82) is 0 Å². The Morgan fingerprint density at radius 2 is 1.70 bits per heavy atom. The molecular weight excluding hydrogens is 338 g/mol. The smallest absolute Gasteiger partial charge is 0.322 e. The van der Waals surface area contributed by atoms with Gasteiger partial charge >= 0.3 is 5.97 Å². The largest absolute Gasteiger partial charge is 0.480 e. The predicted octanol–water partition coefficient (Wildman–Crippen LogP) is 2.54. The Hall–Kier alpha value is -1.89. The summed E-state index contributed by atoms with van der Waals surface area (Å²) in [6, 6.07) is 11.9. The Labute approximate surface area is 139 Å². The number of benzene rings is 2. The highest BCUT2D eigenvalue weighted by Crippen LogP contribution is 2.29. The molecule has 0 aromatic heterocycles. The van der Waals surface area contributed by atoms with Gasteiger partial charge in [-0.05, 0) is 35.4 Å². The molecule has 2 aromatic rings. The van der Waals surface area contributed by atoms with Crippen molar-refractivity contribution in [2.24, 2.45) is 0 Å². The average Bonchev–Trinajstić information content (AvgIpc) is 2.54. The van der Waals surface area contributed by atoms with Crippen LogP contribution in [0.1, 0.15) is 11.1 Å². The van der Waals surface area contributed by atoms with Crippen LogP contribution in [0.15, 0.2) is 53.4 Å². The highest BCUT2D eigenvalue weighted by Gasteiger charge is 2.39. The molecule has 120 valence electrons. The minimum absolute atomic E-state index is 0.0348. The topological polar surface area (TPSA) is 74.7 Å². The number of rotatable bonds is 3. The molecular formula is C16H14ClNO4S. The van der Waals surface area contributed by atoms with Crippen molar-refractivity contribution >= 4 is 27.6 Å². The first-order valence-electron chi connectivity index (χ1n) is 6.96. The van der Waals surface area contributed by atoms with E-state index in [1.165, 1.54) is 24.3 Å². The van der Waals surface area contributed by atoms with E-state index < -0.39 is 22.0 Å². The van der Waals surface area contributed by atoms with Crippen molar-refractivity contribution in [2.75, 3.05) is 0 Å². The second-order valence-corrected chi connectivity index (χ2v) is 7.66. The van der Waals surface area contributed by atoms with Crippen molar-refractivity contribution in [1.82, 2.24) is 4.31 Å². The number of hydrogen-bond donors (Lipinski definition) is 1. The molecule has 7 heteroatoms. The molecule has 0 radical (unpaired) electrons. The van der Waals surface area contributed by atoms with E-state index in [1.54, 1.807) is 0 Å². The van der Waals surface area contributed by atoms with Crippen LogP contribution in [-0.4, -0.2) is 29.8 Å². The third-order valence-corrected chi connectivity index (χ3v) is 6.03. The van der Waals surface area contributed by atoms with Gasteiger partial charge in [-0.15, -0.1) is 0 Å². The second-order valence-electron chi connectivity index (χ2n) is 5.33. The number of carbonyl (C=O) groups is 1. The molecule has 5 nitrogen and oxygen atoms in total. The van der Waals surface area contributed by atoms with Gasteiger partial charge < -0.3 is 5.11 Å². The number of hydrogen-bond acceptors (Lipinski definition) is 3. The molecule has 0 saturated heterocycles. The van der Waals surface area contributed by atoms with Crippen molar-refractivity contribution in [3.05, 3.63) is 64.7 Å². The van der Waals surface area contributed by atoms with Crippen LogP contribution >= 0.6 is 11.6 Å². The van der Waals surface area contributed by atoms with E-state index in [1.807, 2.05) is 24.3 Å². The number of halogens is 1. The minimum Gasteiger partial charge on any atom is -0.480 e. The minimum atomic E-state index is -3.92. The zero-order valence-electron chi connectivity index (χ0n) is 12.0. The maximum Gasteiger partial charge on any atom is 0.322 e. The lowest BCUT2D eigenvalue weighted by Gasteiger charge is -2.33. The second kappa shape index (κ2) is 5.96. The van der Waals surface area contributed by atoms with Gasteiger partial charge in [-0.2, -0.15) is 4.31 Å². The number of sulfonamides is 1. The number of carboxylic acids is 1. The molecule has 0 amide bonds. The molecule has 0 bridgehead atoms. The first-order chi connectivity index (χ1) is 10.9. The molecule has 1 atom stereocenters. The number of carboxylic acid groups (broad SMARTS) is 1. The number of fused-ring (bicyclic) bond motifs is 1. The fourth-order valence-electron chi connectivity index (χ4n) is 2.70. The molecule has 1 aliphatic heterocycles. The summed E-state index contributed by atoms with van der Waals surface area (Å²) in [6.45, 7) is 0.0398. The number of nitrogens with zero attached hydrogens (tertiary/aromatic N) is 1. The molecule has 23 heavy (non-hydrogen) atoms. The van der Waals surface area contributed by atoms with Gasteiger partial charge in [-0.1, -0.05) is 35.9 Å². The fraction of sp³-hybridized carbons (Fsp3) is 0.188. The van der Waals surface area contributed by atoms with Gasteiger partial charge in [0.15, 0.2) is 0 Å². The molecule has 1 N–H and O–H groups in total. The quantitative estimate of drug-likeness (QED) is 0.922. The van der Waals surface area contributed by atoms with Gasteiger partial charge in [0, 0.05) is 18.0 Å². The van der Waals surface area contributed by atoms with Crippen molar-refractivity contribution in [3.63, 3.8) is 0 Å². The molecule has 1 heterocycles. The standard InChI is InChI=1S/C16H14ClNO4S/c17-13-5-7-14(8-6-13)23(21,22)18-10-12-4-2-1-3-11(12)9-15(18)16(19)20/h1-8,15H,9-10H2,(H,19,20)/t15-/m0/s1. The van der Waals surface area contributed by atoms with Crippen molar-refractivity contribution in [2.45, 2.75) is 23.9 Å². The molecule has 0 fully saturated rings. The van der Waals surface area contributed by atoms with E-state index in [4.69, 9.17) is 11.6 Å². The van der Waals surface area contributed by atoms with Gasteiger partial charge in [0.1, 0.15) is 6.04 Å². The Morgan fingerprint density at radius 3 is 2.30 bits per heavy atom. The summed E-state index contributed by atoms with van der Waals surface area (Å²) in [7, 11) is -3.92. The average molecular weight is 352 g/mol. The van der Waals surface area contributed by atoms with Crippen LogP contribution in [0.25, 0.3) is 0 Å². The van der Waals surface area contributed by atoms with Gasteiger partial charge in [-0.3, -0.25) is 4.79 Å². The Bertz CT molecular complexity index is 849. The molecule has 0 aliphatic carbocycles. The van der Waals surface area contributed by atoms with Crippen LogP contribution < -0.4 is 0 Å². The SMILES string of the molecule is O=C(O)[C@@H]1Cc2ccccc2CN1S(=O)(=O)c1ccc(Cl)cc1. The van der Waals surface area contributed by atoms with Crippen molar-refractivity contribution < 1.29 is 18.3 Å². The van der Waals surface area contributed by atoms with E-state index in [2.05, 4.69) is 0 Å². The van der Waals surface area contributed by atoms with E-state index in [0.29, 0.717) is 5.02 Å². The number of aliphatic carboxylic acids is 1. The van der Waals surface area contributed by atoms with Crippen LogP contribution in [-0.2, 0) is 27.8 Å². The first kappa shape index (κ1) is 16.0. The normalized spacial score (nSPS) is 18.4. The summed E-state index contributed by atoms with van der Waals surface area (Å²) in [4.78, 5) is 11.6. The summed E-state index contributed by atoms with van der Waals surface area (Å²) in [6.07, 6.45) is 0.151. The Morgan fingerprint density at radius 1 is 1.09 bits per heavy atom. The molecule has 0 unspecified atom stereocenters. The van der Waals surface area contributed by atoms with Crippen LogP contribution in [0.2, 0.25) is 5.02 Å². The summed E-state index contributed by atoms with van der Waals surface area (Å²) in [5.41, 5.74) is 1.69.